The number of aliphatic carboxylic acids is 1. The summed E-state index contributed by atoms with van der Waals surface area (Å²) in [7, 11) is 0. The smallest absolute Gasteiger partial charge is 0.347 e. The van der Waals surface area contributed by atoms with Crippen molar-refractivity contribution in [3.05, 3.63) is 59.9 Å². The normalized spacial score (nSPS) is 12.4. The van der Waals surface area contributed by atoms with Crippen LogP contribution in [0.1, 0.15) is 38.3 Å². The maximum atomic E-state index is 11.2. The molecule has 0 aliphatic carbocycles. The minimum atomic E-state index is -1.31. The summed E-state index contributed by atoms with van der Waals surface area (Å²) in [4.78, 5) is 15.7. The van der Waals surface area contributed by atoms with E-state index in [0.717, 1.165) is 11.1 Å². The topological polar surface area (TPSA) is 97.3 Å². The van der Waals surface area contributed by atoms with Crippen LogP contribution in [-0.4, -0.2) is 31.9 Å². The zero-order chi connectivity index (χ0) is 20.3. The van der Waals surface area contributed by atoms with Crippen molar-refractivity contribution in [3.63, 3.8) is 0 Å². The molecule has 0 amide bonds. The lowest BCUT2D eigenvalue weighted by atomic mass is 10.1. The first kappa shape index (κ1) is 19.4. The largest absolute Gasteiger partial charge is 0.483 e. The van der Waals surface area contributed by atoms with Gasteiger partial charge in [0.15, 0.2) is 23.4 Å². The Morgan fingerprint density at radius 1 is 1.18 bits per heavy atom. The summed E-state index contributed by atoms with van der Waals surface area (Å²) < 4.78 is 11.6. The lowest BCUT2D eigenvalue weighted by Gasteiger charge is -2.23. The maximum absolute atomic E-state index is 11.2. The predicted octanol–water partition coefficient (Wildman–Crippen LogP) is 4.16. The zero-order valence-electron chi connectivity index (χ0n) is 16.3. The maximum Gasteiger partial charge on any atom is 0.347 e. The molecule has 7 heteroatoms. The number of aromatic nitrogens is 3. The third kappa shape index (κ3) is 4.31. The number of nitrogens with one attached hydrogen (secondary N) is 1. The average Bonchev–Trinajstić information content (AvgIpc) is 3.15. The molecule has 3 aromatic rings. The molecule has 28 heavy (non-hydrogen) atoms. The Morgan fingerprint density at radius 3 is 2.54 bits per heavy atom. The van der Waals surface area contributed by atoms with Gasteiger partial charge in [-0.3, -0.25) is 5.10 Å². The Balaban J connectivity index is 1.71. The minimum absolute atomic E-state index is 0.341. The highest BCUT2D eigenvalue weighted by molar-refractivity contribution is 5.76. The molecule has 146 valence electrons. The van der Waals surface area contributed by atoms with Crippen molar-refractivity contribution in [2.24, 2.45) is 0 Å². The quantitative estimate of drug-likeness (QED) is 0.638. The fourth-order valence-corrected chi connectivity index (χ4v) is 2.56. The van der Waals surface area contributed by atoms with E-state index in [-0.39, 0.29) is 6.10 Å². The van der Waals surface area contributed by atoms with Gasteiger partial charge >= 0.3 is 5.97 Å². The van der Waals surface area contributed by atoms with Crippen molar-refractivity contribution in [3.8, 4) is 22.9 Å². The molecule has 0 saturated heterocycles. The molecular formula is C21H23N3O4. The van der Waals surface area contributed by atoms with Gasteiger partial charge in [0.2, 0.25) is 0 Å². The van der Waals surface area contributed by atoms with E-state index in [4.69, 9.17) is 9.47 Å². The lowest BCUT2D eigenvalue weighted by molar-refractivity contribution is -0.152. The fourth-order valence-electron chi connectivity index (χ4n) is 2.56. The summed E-state index contributed by atoms with van der Waals surface area (Å²) in [6, 6.07) is 14.9. The number of H-pyrrole nitrogens is 1. The van der Waals surface area contributed by atoms with E-state index in [0.29, 0.717) is 23.1 Å². The van der Waals surface area contributed by atoms with Crippen molar-refractivity contribution in [2.45, 2.75) is 39.4 Å². The summed E-state index contributed by atoms with van der Waals surface area (Å²) >= 11 is 0. The van der Waals surface area contributed by atoms with Crippen LogP contribution in [0.4, 0.5) is 0 Å². The molecule has 0 aliphatic heterocycles. The van der Waals surface area contributed by atoms with Gasteiger partial charge in [0.25, 0.3) is 0 Å². The van der Waals surface area contributed by atoms with Gasteiger partial charge in [-0.1, -0.05) is 30.3 Å². The number of rotatable bonds is 7. The fraction of sp³-hybridized carbons (Fsp3) is 0.286. The van der Waals surface area contributed by atoms with E-state index in [2.05, 4.69) is 15.2 Å². The second-order valence-corrected chi connectivity index (χ2v) is 7.02. The number of aromatic amines is 1. The standard InChI is InChI=1S/C21H23N3O4/c1-13-12-16(10-11-17(13)28-21(3,4)20(25)26)27-14(2)18-22-19(24-23-18)15-8-6-5-7-9-15/h5-12,14H,1-4H3,(H,25,26)(H,22,23,24). The lowest BCUT2D eigenvalue weighted by Crippen LogP contribution is -2.38. The number of hydrogen-bond donors (Lipinski definition) is 2. The van der Waals surface area contributed by atoms with Crippen LogP contribution in [0.2, 0.25) is 0 Å². The molecule has 0 fully saturated rings. The van der Waals surface area contributed by atoms with Gasteiger partial charge in [-0.05, 0) is 51.5 Å². The summed E-state index contributed by atoms with van der Waals surface area (Å²) in [6.07, 6.45) is -0.341. The van der Waals surface area contributed by atoms with Crippen LogP contribution in [0.15, 0.2) is 48.5 Å². The van der Waals surface area contributed by atoms with E-state index < -0.39 is 11.6 Å². The van der Waals surface area contributed by atoms with Gasteiger partial charge in [-0.15, -0.1) is 0 Å². The molecule has 0 radical (unpaired) electrons. The summed E-state index contributed by atoms with van der Waals surface area (Å²) in [5.74, 6) is 1.33. The number of carbonyl (C=O) groups is 1. The number of carboxylic acid groups (broad SMARTS) is 1. The van der Waals surface area contributed by atoms with Gasteiger partial charge in [-0.25, -0.2) is 9.78 Å². The summed E-state index contributed by atoms with van der Waals surface area (Å²) in [5.41, 5.74) is 0.394. The number of benzene rings is 2. The van der Waals surface area contributed by atoms with Gasteiger partial charge in [0.1, 0.15) is 11.5 Å². The number of aryl methyl sites for hydroxylation is 1. The molecule has 1 heterocycles. The molecule has 3 rings (SSSR count). The minimum Gasteiger partial charge on any atom is -0.483 e. The number of ether oxygens (including phenoxy) is 2. The Kier molecular flexibility index (Phi) is 5.35. The van der Waals surface area contributed by atoms with E-state index in [1.807, 2.05) is 44.2 Å². The Bertz CT molecular complexity index is 967. The van der Waals surface area contributed by atoms with Gasteiger partial charge < -0.3 is 14.6 Å². The van der Waals surface area contributed by atoms with Gasteiger partial charge in [-0.2, -0.15) is 5.10 Å². The van der Waals surface area contributed by atoms with E-state index in [9.17, 15) is 9.90 Å². The van der Waals surface area contributed by atoms with Crippen LogP contribution < -0.4 is 9.47 Å². The molecule has 0 bridgehead atoms. The van der Waals surface area contributed by atoms with Crippen LogP contribution in [0.5, 0.6) is 11.5 Å². The van der Waals surface area contributed by atoms with E-state index in [1.54, 1.807) is 18.2 Å². The van der Waals surface area contributed by atoms with Crippen molar-refractivity contribution < 1.29 is 19.4 Å². The van der Waals surface area contributed by atoms with Crippen LogP contribution >= 0.6 is 0 Å². The summed E-state index contributed by atoms with van der Waals surface area (Å²) in [5, 5.41) is 16.4. The highest BCUT2D eigenvalue weighted by atomic mass is 16.5. The highest BCUT2D eigenvalue weighted by Crippen LogP contribution is 2.29. The first-order valence-electron chi connectivity index (χ1n) is 8.93. The van der Waals surface area contributed by atoms with Crippen LogP contribution in [-0.2, 0) is 4.79 Å². The molecule has 2 N–H and O–H groups in total. The monoisotopic (exact) mass is 381 g/mol. The number of carboxylic acids is 1. The van der Waals surface area contributed by atoms with Crippen LogP contribution in [0.3, 0.4) is 0 Å². The Labute approximate surface area is 163 Å². The second kappa shape index (κ2) is 7.72. The van der Waals surface area contributed by atoms with Crippen molar-refractivity contribution in [1.29, 1.82) is 0 Å². The molecule has 0 saturated carbocycles. The van der Waals surface area contributed by atoms with Gasteiger partial charge in [0, 0.05) is 5.56 Å². The molecular weight excluding hydrogens is 358 g/mol. The molecule has 0 aliphatic rings. The van der Waals surface area contributed by atoms with E-state index in [1.165, 1.54) is 13.8 Å². The molecule has 1 aromatic heterocycles. The van der Waals surface area contributed by atoms with E-state index >= 15 is 0 Å². The SMILES string of the molecule is Cc1cc(OC(C)c2nc(-c3ccccc3)n[nH]2)ccc1OC(C)(C)C(=O)O. The zero-order valence-corrected chi connectivity index (χ0v) is 16.3. The molecule has 1 unspecified atom stereocenters. The first-order valence-corrected chi connectivity index (χ1v) is 8.93. The first-order chi connectivity index (χ1) is 13.3. The molecule has 0 spiro atoms. The molecule has 2 aromatic carbocycles. The average molecular weight is 381 g/mol. The van der Waals surface area contributed by atoms with Crippen molar-refractivity contribution in [2.75, 3.05) is 0 Å². The second-order valence-electron chi connectivity index (χ2n) is 7.02. The summed E-state index contributed by atoms with van der Waals surface area (Å²) in [6.45, 7) is 6.74. The number of hydrogen-bond acceptors (Lipinski definition) is 5. The van der Waals surface area contributed by atoms with Crippen LogP contribution in [0.25, 0.3) is 11.4 Å². The van der Waals surface area contributed by atoms with Crippen molar-refractivity contribution >= 4 is 5.97 Å². The Hall–Kier alpha value is -3.35. The Morgan fingerprint density at radius 2 is 1.89 bits per heavy atom. The number of nitrogens with zero attached hydrogens (tertiary/aromatic N) is 2. The third-order valence-corrected chi connectivity index (χ3v) is 4.26. The third-order valence-electron chi connectivity index (χ3n) is 4.26. The van der Waals surface area contributed by atoms with Crippen molar-refractivity contribution in [1.82, 2.24) is 15.2 Å². The van der Waals surface area contributed by atoms with Gasteiger partial charge in [0.05, 0.1) is 0 Å². The van der Waals surface area contributed by atoms with Crippen LogP contribution in [0, 0.1) is 6.92 Å². The highest BCUT2D eigenvalue weighted by Gasteiger charge is 2.30. The molecule has 1 atom stereocenters. The predicted molar refractivity (Wildman–Crippen MR) is 104 cm³/mol. The molecule has 7 nitrogen and oxygen atoms in total.